The van der Waals surface area contributed by atoms with Crippen LogP contribution in [0.5, 0.6) is 0 Å². The normalized spacial score (nSPS) is 26.9. The molecule has 160 valence electrons. The summed E-state index contributed by atoms with van der Waals surface area (Å²) >= 11 is 0. The third-order valence-corrected chi connectivity index (χ3v) is 7.46. The molecule has 2 fully saturated rings. The second kappa shape index (κ2) is 13.2. The summed E-state index contributed by atoms with van der Waals surface area (Å²) in [5.41, 5.74) is 0.656. The van der Waals surface area contributed by atoms with Crippen molar-refractivity contribution in [3.63, 3.8) is 0 Å². The number of ether oxygens (including phenoxy) is 1. The summed E-state index contributed by atoms with van der Waals surface area (Å²) in [6.45, 7) is 4.61. The van der Waals surface area contributed by atoms with E-state index in [0.717, 1.165) is 0 Å². The zero-order chi connectivity index (χ0) is 19.3. The number of hydrogen-bond acceptors (Lipinski definition) is 1. The molecule has 2 aliphatic rings. The second-order valence-corrected chi connectivity index (χ2v) is 9.75. The molecule has 0 radical (unpaired) electrons. The minimum atomic E-state index is 0.328. The Morgan fingerprint density at radius 3 is 1.19 bits per heavy atom. The van der Waals surface area contributed by atoms with E-state index < -0.39 is 0 Å². The van der Waals surface area contributed by atoms with Crippen molar-refractivity contribution >= 4 is 0 Å². The van der Waals surface area contributed by atoms with E-state index in [4.69, 9.17) is 4.74 Å². The van der Waals surface area contributed by atoms with Crippen LogP contribution in [0.2, 0.25) is 0 Å². The Kier molecular flexibility index (Phi) is 11.4. The molecule has 27 heavy (non-hydrogen) atoms. The van der Waals surface area contributed by atoms with Crippen LogP contribution in [0.4, 0.5) is 0 Å². The van der Waals surface area contributed by atoms with Gasteiger partial charge in [0.2, 0.25) is 0 Å². The first-order valence-corrected chi connectivity index (χ1v) is 13.0. The van der Waals surface area contributed by atoms with Gasteiger partial charge in [-0.1, -0.05) is 129 Å². The van der Waals surface area contributed by atoms with Gasteiger partial charge in [0.25, 0.3) is 0 Å². The van der Waals surface area contributed by atoms with Crippen LogP contribution in [-0.4, -0.2) is 11.2 Å². The van der Waals surface area contributed by atoms with Crippen LogP contribution in [0.15, 0.2) is 0 Å². The molecule has 1 heteroatoms. The molecule has 0 spiro atoms. The predicted octanol–water partition coefficient (Wildman–Crippen LogP) is 9.13. The molecule has 1 heterocycles. The van der Waals surface area contributed by atoms with E-state index in [1.54, 1.807) is 0 Å². The van der Waals surface area contributed by atoms with E-state index in [2.05, 4.69) is 13.8 Å². The second-order valence-electron chi connectivity index (χ2n) is 9.75. The van der Waals surface area contributed by atoms with E-state index in [1.807, 2.05) is 0 Å². The Morgan fingerprint density at radius 1 is 0.481 bits per heavy atom. The molecule has 1 saturated carbocycles. The van der Waals surface area contributed by atoms with E-state index in [0.29, 0.717) is 11.2 Å². The van der Waals surface area contributed by atoms with Crippen LogP contribution in [-0.2, 0) is 4.74 Å². The fraction of sp³-hybridized carbons (Fsp3) is 1.00. The lowest BCUT2D eigenvalue weighted by molar-refractivity contribution is 0.243. The highest BCUT2D eigenvalue weighted by Crippen LogP contribution is 2.62. The maximum absolute atomic E-state index is 6.57. The van der Waals surface area contributed by atoms with Gasteiger partial charge >= 0.3 is 0 Å². The van der Waals surface area contributed by atoms with E-state index in [-0.39, 0.29) is 0 Å². The van der Waals surface area contributed by atoms with Crippen molar-refractivity contribution in [2.75, 3.05) is 0 Å². The summed E-state index contributed by atoms with van der Waals surface area (Å²) in [5, 5.41) is 0. The molecule has 2 unspecified atom stereocenters. The van der Waals surface area contributed by atoms with E-state index in [9.17, 15) is 0 Å². The van der Waals surface area contributed by atoms with Gasteiger partial charge in [0.1, 0.15) is 0 Å². The topological polar surface area (TPSA) is 12.5 Å². The van der Waals surface area contributed by atoms with Crippen LogP contribution >= 0.6 is 0 Å². The van der Waals surface area contributed by atoms with Gasteiger partial charge in [-0.15, -0.1) is 0 Å². The highest BCUT2D eigenvalue weighted by molar-refractivity contribution is 5.17. The van der Waals surface area contributed by atoms with Gasteiger partial charge in [-0.25, -0.2) is 0 Å². The van der Waals surface area contributed by atoms with Gasteiger partial charge in [0, 0.05) is 0 Å². The molecule has 0 bridgehead atoms. The first kappa shape index (κ1) is 23.2. The van der Waals surface area contributed by atoms with Crippen molar-refractivity contribution in [3.05, 3.63) is 0 Å². The highest BCUT2D eigenvalue weighted by Gasteiger charge is 2.68. The lowest BCUT2D eigenvalue weighted by Crippen LogP contribution is -2.30. The van der Waals surface area contributed by atoms with Crippen molar-refractivity contribution < 1.29 is 4.74 Å². The smallest absolute Gasteiger partial charge is 0.0980 e. The summed E-state index contributed by atoms with van der Waals surface area (Å²) in [6.07, 6.45) is 31.2. The molecule has 0 N–H and O–H groups in total. The Balaban J connectivity index is 1.53. The van der Waals surface area contributed by atoms with E-state index >= 15 is 0 Å². The molecule has 0 amide bonds. The molecule has 0 aromatic rings. The Hall–Kier alpha value is -0.0400. The quantitative estimate of drug-likeness (QED) is 0.171. The molecule has 1 aliphatic heterocycles. The van der Waals surface area contributed by atoms with Gasteiger partial charge in [-0.3, -0.25) is 0 Å². The number of rotatable bonds is 18. The first-order chi connectivity index (χ1) is 13.3. The van der Waals surface area contributed by atoms with Crippen molar-refractivity contribution in [2.45, 2.75) is 166 Å². The van der Waals surface area contributed by atoms with Gasteiger partial charge < -0.3 is 4.74 Å². The fourth-order valence-corrected chi connectivity index (χ4v) is 5.62. The van der Waals surface area contributed by atoms with Crippen molar-refractivity contribution in [1.29, 1.82) is 0 Å². The first-order valence-electron chi connectivity index (χ1n) is 13.0. The monoisotopic (exact) mass is 378 g/mol. The van der Waals surface area contributed by atoms with Gasteiger partial charge in [-0.2, -0.15) is 0 Å². The predicted molar refractivity (Wildman–Crippen MR) is 119 cm³/mol. The largest absolute Gasteiger partial charge is 0.363 e. The molecule has 2 atom stereocenters. The lowest BCUT2D eigenvalue weighted by Gasteiger charge is -2.25. The molecule has 1 aliphatic carbocycles. The van der Waals surface area contributed by atoms with Crippen LogP contribution in [0.25, 0.3) is 0 Å². The molecular weight excluding hydrogens is 328 g/mol. The summed E-state index contributed by atoms with van der Waals surface area (Å²) < 4.78 is 6.57. The summed E-state index contributed by atoms with van der Waals surface area (Å²) in [5.74, 6) is 0. The van der Waals surface area contributed by atoms with E-state index in [1.165, 1.54) is 141 Å². The Labute approximate surface area is 171 Å². The average Bonchev–Trinajstić information content (AvgIpc) is 3.35. The Morgan fingerprint density at radius 2 is 0.815 bits per heavy atom. The molecule has 2 rings (SSSR count). The maximum Gasteiger partial charge on any atom is 0.0980 e. The molecule has 0 aromatic heterocycles. The molecular formula is C26H50O. The van der Waals surface area contributed by atoms with Crippen LogP contribution in [0.1, 0.15) is 155 Å². The zero-order valence-corrected chi connectivity index (χ0v) is 19.0. The minimum absolute atomic E-state index is 0.328. The maximum atomic E-state index is 6.57. The third-order valence-electron chi connectivity index (χ3n) is 7.46. The van der Waals surface area contributed by atoms with Crippen molar-refractivity contribution in [1.82, 2.24) is 0 Å². The van der Waals surface area contributed by atoms with Crippen LogP contribution in [0.3, 0.4) is 0 Å². The number of epoxide rings is 1. The zero-order valence-electron chi connectivity index (χ0n) is 19.0. The van der Waals surface area contributed by atoms with Crippen molar-refractivity contribution in [2.24, 2.45) is 0 Å². The Bertz CT molecular complexity index is 331. The standard InChI is InChI=1S/C26H50O/c1-3-5-7-9-11-13-15-17-21-25-23-19-20-24-26(25,27-25)22-18-16-14-12-10-8-6-4-2/h3-24H2,1-2H3. The SMILES string of the molecule is CCCCCCCCCCC12CCCCC1(CCCCCCCCCC)O2. The highest BCUT2D eigenvalue weighted by atomic mass is 16.6. The van der Waals surface area contributed by atoms with Crippen LogP contribution < -0.4 is 0 Å². The van der Waals surface area contributed by atoms with Crippen molar-refractivity contribution in [3.8, 4) is 0 Å². The number of hydrogen-bond donors (Lipinski definition) is 0. The van der Waals surface area contributed by atoms with Gasteiger partial charge in [0.05, 0.1) is 11.2 Å². The molecule has 1 nitrogen and oxygen atoms in total. The number of fused-ring (bicyclic) bond motifs is 1. The minimum Gasteiger partial charge on any atom is -0.363 e. The fourth-order valence-electron chi connectivity index (χ4n) is 5.62. The number of unbranched alkanes of at least 4 members (excludes halogenated alkanes) is 14. The van der Waals surface area contributed by atoms with Gasteiger partial charge in [-0.05, 0) is 25.7 Å². The average molecular weight is 379 g/mol. The molecule has 1 saturated heterocycles. The summed E-state index contributed by atoms with van der Waals surface area (Å²) in [6, 6.07) is 0. The third kappa shape index (κ3) is 7.71. The lowest BCUT2D eigenvalue weighted by atomic mass is 9.74. The van der Waals surface area contributed by atoms with Gasteiger partial charge in [0.15, 0.2) is 0 Å². The summed E-state index contributed by atoms with van der Waals surface area (Å²) in [4.78, 5) is 0. The summed E-state index contributed by atoms with van der Waals surface area (Å²) in [7, 11) is 0. The molecule has 0 aromatic carbocycles. The van der Waals surface area contributed by atoms with Crippen LogP contribution in [0, 0.1) is 0 Å².